The summed E-state index contributed by atoms with van der Waals surface area (Å²) in [6, 6.07) is 0. The fraction of sp³-hybridized carbons (Fsp3) is 0.500. The van der Waals surface area contributed by atoms with E-state index in [0.29, 0.717) is 6.54 Å². The summed E-state index contributed by atoms with van der Waals surface area (Å²) in [4.78, 5) is 0. The van der Waals surface area contributed by atoms with Gasteiger partial charge in [-0.25, -0.2) is 4.39 Å². The van der Waals surface area contributed by atoms with E-state index in [2.05, 4.69) is 15.5 Å². The Balaban J connectivity index is 0.00000180. The van der Waals surface area contributed by atoms with Crippen molar-refractivity contribution in [1.82, 2.24) is 24.9 Å². The van der Waals surface area contributed by atoms with Gasteiger partial charge in [0.25, 0.3) is 0 Å². The zero-order valence-corrected chi connectivity index (χ0v) is 12.0. The van der Waals surface area contributed by atoms with Gasteiger partial charge in [0.2, 0.25) is 0 Å². The van der Waals surface area contributed by atoms with E-state index in [9.17, 15) is 4.39 Å². The van der Waals surface area contributed by atoms with Gasteiger partial charge in [-0.1, -0.05) is 0 Å². The third kappa shape index (κ3) is 4.33. The highest BCUT2D eigenvalue weighted by Crippen LogP contribution is 2.04. The molecule has 0 fully saturated rings. The maximum absolute atomic E-state index is 12.1. The molecular formula is C12H19ClFN5. The van der Waals surface area contributed by atoms with Gasteiger partial charge in [-0.05, 0) is 6.92 Å². The van der Waals surface area contributed by atoms with E-state index in [0.717, 1.165) is 24.3 Å². The maximum Gasteiger partial charge on any atom is 0.109 e. The molecule has 5 nitrogen and oxygen atoms in total. The predicted molar refractivity (Wildman–Crippen MR) is 73.9 cm³/mol. The first kappa shape index (κ1) is 15.7. The van der Waals surface area contributed by atoms with Crippen molar-refractivity contribution in [3.8, 4) is 0 Å². The molecule has 0 bridgehead atoms. The van der Waals surface area contributed by atoms with Gasteiger partial charge in [0.1, 0.15) is 6.67 Å². The van der Waals surface area contributed by atoms with Crippen LogP contribution in [0.1, 0.15) is 16.8 Å². The highest BCUT2D eigenvalue weighted by atomic mass is 35.5. The Bertz CT molecular complexity index is 508. The van der Waals surface area contributed by atoms with Crippen LogP contribution in [-0.4, -0.2) is 26.2 Å². The summed E-state index contributed by atoms with van der Waals surface area (Å²) in [5.74, 6) is 0. The SMILES string of the molecule is Cc1nn(C)cc1CNCc1cnn(CCF)c1.Cl. The van der Waals surface area contributed by atoms with Gasteiger partial charge in [0.15, 0.2) is 0 Å². The summed E-state index contributed by atoms with van der Waals surface area (Å²) in [5.41, 5.74) is 3.29. The fourth-order valence-corrected chi connectivity index (χ4v) is 1.87. The molecule has 0 aromatic carbocycles. The Morgan fingerprint density at radius 2 is 2.11 bits per heavy atom. The zero-order chi connectivity index (χ0) is 13.0. The summed E-state index contributed by atoms with van der Waals surface area (Å²) in [6.45, 7) is 3.43. The Kier molecular flexibility index (Phi) is 5.98. The Morgan fingerprint density at radius 1 is 1.32 bits per heavy atom. The third-order valence-electron chi connectivity index (χ3n) is 2.76. The van der Waals surface area contributed by atoms with Crippen molar-refractivity contribution in [2.75, 3.05) is 6.67 Å². The van der Waals surface area contributed by atoms with E-state index in [1.54, 1.807) is 10.9 Å². The molecule has 106 valence electrons. The number of rotatable bonds is 6. The van der Waals surface area contributed by atoms with E-state index >= 15 is 0 Å². The standard InChI is InChI=1S/C12H18FN5.ClH/c1-10-12(9-17(2)16-10)7-14-5-11-6-15-18(8-11)4-3-13;/h6,8-9,14H,3-5,7H2,1-2H3;1H. The summed E-state index contributed by atoms with van der Waals surface area (Å²) in [5, 5.41) is 11.7. The fourth-order valence-electron chi connectivity index (χ4n) is 1.87. The zero-order valence-electron chi connectivity index (χ0n) is 11.1. The molecule has 1 N–H and O–H groups in total. The first-order chi connectivity index (χ1) is 8.69. The molecular weight excluding hydrogens is 269 g/mol. The number of alkyl halides is 1. The normalized spacial score (nSPS) is 10.5. The lowest BCUT2D eigenvalue weighted by Crippen LogP contribution is -2.12. The second-order valence-corrected chi connectivity index (χ2v) is 4.32. The number of hydrogen-bond donors (Lipinski definition) is 1. The molecule has 0 saturated heterocycles. The molecule has 2 rings (SSSR count). The maximum atomic E-state index is 12.1. The summed E-state index contributed by atoms with van der Waals surface area (Å²) in [6.07, 6.45) is 5.64. The van der Waals surface area contributed by atoms with E-state index in [1.807, 2.05) is 31.0 Å². The van der Waals surface area contributed by atoms with Gasteiger partial charge in [-0.15, -0.1) is 12.4 Å². The topological polar surface area (TPSA) is 47.7 Å². The molecule has 19 heavy (non-hydrogen) atoms. The van der Waals surface area contributed by atoms with Crippen molar-refractivity contribution in [2.24, 2.45) is 7.05 Å². The molecule has 7 heteroatoms. The largest absolute Gasteiger partial charge is 0.308 e. The number of nitrogens with one attached hydrogen (secondary N) is 1. The molecule has 0 spiro atoms. The quantitative estimate of drug-likeness (QED) is 0.878. The van der Waals surface area contributed by atoms with Crippen LogP contribution in [0.2, 0.25) is 0 Å². The van der Waals surface area contributed by atoms with Gasteiger partial charge in [-0.2, -0.15) is 10.2 Å². The van der Waals surface area contributed by atoms with Crippen LogP contribution in [-0.2, 0) is 26.7 Å². The van der Waals surface area contributed by atoms with Crippen LogP contribution in [0.15, 0.2) is 18.6 Å². The van der Waals surface area contributed by atoms with E-state index in [-0.39, 0.29) is 19.1 Å². The van der Waals surface area contributed by atoms with Gasteiger partial charge in [0, 0.05) is 43.7 Å². The molecule has 0 aliphatic carbocycles. The lowest BCUT2D eigenvalue weighted by atomic mass is 10.2. The molecule has 2 aromatic rings. The highest BCUT2D eigenvalue weighted by molar-refractivity contribution is 5.85. The van der Waals surface area contributed by atoms with Crippen molar-refractivity contribution in [3.63, 3.8) is 0 Å². The summed E-state index contributed by atoms with van der Waals surface area (Å²) in [7, 11) is 1.91. The highest BCUT2D eigenvalue weighted by Gasteiger charge is 2.03. The average Bonchev–Trinajstić information content (AvgIpc) is 2.87. The van der Waals surface area contributed by atoms with Crippen molar-refractivity contribution < 1.29 is 4.39 Å². The summed E-state index contributed by atoms with van der Waals surface area (Å²) < 4.78 is 15.6. The molecule has 2 heterocycles. The number of aryl methyl sites for hydroxylation is 3. The number of halogens is 2. The minimum absolute atomic E-state index is 0. The molecule has 0 radical (unpaired) electrons. The van der Waals surface area contributed by atoms with Crippen LogP contribution in [0.25, 0.3) is 0 Å². The van der Waals surface area contributed by atoms with Gasteiger partial charge in [0.05, 0.1) is 18.4 Å². The molecule has 0 atom stereocenters. The van der Waals surface area contributed by atoms with Crippen LogP contribution in [0.4, 0.5) is 4.39 Å². The van der Waals surface area contributed by atoms with Crippen molar-refractivity contribution >= 4 is 12.4 Å². The van der Waals surface area contributed by atoms with Gasteiger partial charge < -0.3 is 5.32 Å². The molecule has 0 aliphatic rings. The van der Waals surface area contributed by atoms with Gasteiger partial charge >= 0.3 is 0 Å². The van der Waals surface area contributed by atoms with E-state index in [1.165, 1.54) is 5.56 Å². The van der Waals surface area contributed by atoms with Crippen LogP contribution in [0, 0.1) is 6.92 Å². The lowest BCUT2D eigenvalue weighted by Gasteiger charge is -2.01. The van der Waals surface area contributed by atoms with Crippen LogP contribution in [0.5, 0.6) is 0 Å². The molecule has 0 unspecified atom stereocenters. The predicted octanol–water partition coefficient (Wildman–Crippen LogP) is 1.61. The Labute approximate surface area is 118 Å². The number of nitrogens with zero attached hydrogens (tertiary/aromatic N) is 4. The average molecular weight is 288 g/mol. The van der Waals surface area contributed by atoms with Crippen LogP contribution in [0.3, 0.4) is 0 Å². The molecule has 0 saturated carbocycles. The van der Waals surface area contributed by atoms with Crippen molar-refractivity contribution in [2.45, 2.75) is 26.6 Å². The smallest absolute Gasteiger partial charge is 0.109 e. The Hall–Kier alpha value is -1.40. The van der Waals surface area contributed by atoms with Crippen molar-refractivity contribution in [3.05, 3.63) is 35.4 Å². The second-order valence-electron chi connectivity index (χ2n) is 4.32. The van der Waals surface area contributed by atoms with Gasteiger partial charge in [-0.3, -0.25) is 9.36 Å². The molecule has 0 aliphatic heterocycles. The molecule has 2 aromatic heterocycles. The summed E-state index contributed by atoms with van der Waals surface area (Å²) >= 11 is 0. The number of hydrogen-bond acceptors (Lipinski definition) is 3. The first-order valence-electron chi connectivity index (χ1n) is 5.96. The van der Waals surface area contributed by atoms with E-state index in [4.69, 9.17) is 0 Å². The third-order valence-corrected chi connectivity index (χ3v) is 2.76. The minimum Gasteiger partial charge on any atom is -0.308 e. The van der Waals surface area contributed by atoms with E-state index < -0.39 is 0 Å². The first-order valence-corrected chi connectivity index (χ1v) is 5.96. The van der Waals surface area contributed by atoms with Crippen LogP contribution >= 0.6 is 12.4 Å². The second kappa shape index (κ2) is 7.25. The Morgan fingerprint density at radius 3 is 2.74 bits per heavy atom. The van der Waals surface area contributed by atoms with Crippen LogP contribution < -0.4 is 5.32 Å². The minimum atomic E-state index is -0.385. The van der Waals surface area contributed by atoms with Crippen molar-refractivity contribution in [1.29, 1.82) is 0 Å². The lowest BCUT2D eigenvalue weighted by molar-refractivity contribution is 0.427. The monoisotopic (exact) mass is 287 g/mol. The number of aromatic nitrogens is 4. The molecule has 0 amide bonds.